The number of fused-ring (bicyclic) bond motifs is 1. The summed E-state index contributed by atoms with van der Waals surface area (Å²) in [6, 6.07) is 7.32. The van der Waals surface area contributed by atoms with E-state index in [2.05, 4.69) is 10.3 Å². The Labute approximate surface area is 126 Å². The summed E-state index contributed by atoms with van der Waals surface area (Å²) in [5.41, 5.74) is 2.08. The number of hydrogen-bond acceptors (Lipinski definition) is 3. The molecule has 102 valence electrons. The number of aryl methyl sites for hydroxylation is 2. The van der Waals surface area contributed by atoms with Crippen LogP contribution in [0.1, 0.15) is 22.6 Å². The van der Waals surface area contributed by atoms with Gasteiger partial charge in [0.15, 0.2) is 5.13 Å². The predicted molar refractivity (Wildman–Crippen MR) is 83.3 cm³/mol. The van der Waals surface area contributed by atoms with Crippen molar-refractivity contribution < 1.29 is 4.79 Å². The number of nitrogens with one attached hydrogen (secondary N) is 1. The molecule has 1 aromatic heterocycles. The number of benzene rings is 1. The zero-order valence-electron chi connectivity index (χ0n) is 10.7. The van der Waals surface area contributed by atoms with Crippen molar-refractivity contribution in [1.29, 1.82) is 0 Å². The van der Waals surface area contributed by atoms with Crippen molar-refractivity contribution >= 4 is 40.1 Å². The number of aromatic nitrogens is 1. The van der Waals surface area contributed by atoms with Gasteiger partial charge in [0.1, 0.15) is 0 Å². The van der Waals surface area contributed by atoms with Crippen molar-refractivity contribution in [3.63, 3.8) is 0 Å². The summed E-state index contributed by atoms with van der Waals surface area (Å²) < 4.78 is 0. The summed E-state index contributed by atoms with van der Waals surface area (Å²) >= 11 is 7.39. The Bertz CT molecular complexity index is 640. The lowest BCUT2D eigenvalue weighted by Gasteiger charge is -1.97. The number of carbonyl (C=O) groups is 1. The first kappa shape index (κ1) is 13.3. The topological polar surface area (TPSA) is 42.0 Å². The van der Waals surface area contributed by atoms with Crippen LogP contribution in [0.4, 0.5) is 5.13 Å². The van der Waals surface area contributed by atoms with E-state index in [1.54, 1.807) is 29.5 Å². The summed E-state index contributed by atoms with van der Waals surface area (Å²) in [5, 5.41) is 4.19. The van der Waals surface area contributed by atoms with Gasteiger partial charge in [0, 0.05) is 16.0 Å². The number of anilines is 1. The van der Waals surface area contributed by atoms with Crippen LogP contribution in [0.25, 0.3) is 6.08 Å². The van der Waals surface area contributed by atoms with Gasteiger partial charge in [-0.2, -0.15) is 0 Å². The maximum Gasteiger partial charge on any atom is 0.250 e. The minimum absolute atomic E-state index is 0.160. The Balaban J connectivity index is 1.62. The van der Waals surface area contributed by atoms with E-state index in [4.69, 9.17) is 11.6 Å². The van der Waals surface area contributed by atoms with Gasteiger partial charge < -0.3 is 0 Å². The van der Waals surface area contributed by atoms with E-state index in [0.717, 1.165) is 24.1 Å². The lowest BCUT2D eigenvalue weighted by atomic mass is 10.2. The third kappa shape index (κ3) is 3.08. The monoisotopic (exact) mass is 304 g/mol. The van der Waals surface area contributed by atoms with Crippen molar-refractivity contribution in [2.45, 2.75) is 19.3 Å². The highest BCUT2D eigenvalue weighted by Gasteiger charge is 2.17. The summed E-state index contributed by atoms with van der Waals surface area (Å²) in [7, 11) is 0. The zero-order chi connectivity index (χ0) is 13.9. The fourth-order valence-corrected chi connectivity index (χ4v) is 3.32. The first-order chi connectivity index (χ1) is 9.70. The second-order valence-corrected chi connectivity index (χ2v) is 6.14. The van der Waals surface area contributed by atoms with Crippen molar-refractivity contribution in [2.75, 3.05) is 5.32 Å². The molecule has 20 heavy (non-hydrogen) atoms. The van der Waals surface area contributed by atoms with E-state index in [9.17, 15) is 4.79 Å². The van der Waals surface area contributed by atoms with Crippen LogP contribution in [0, 0.1) is 0 Å². The molecule has 3 rings (SSSR count). The molecule has 0 saturated heterocycles. The standard InChI is InChI=1S/C15H13ClN2OS/c16-11-7-4-10(5-8-11)6-9-14(19)18-15-17-12-2-1-3-13(12)20-15/h4-9H,1-3H2,(H,17,18,19)/b9-6+. The maximum atomic E-state index is 11.8. The molecule has 0 atom stereocenters. The average molecular weight is 305 g/mol. The third-order valence-electron chi connectivity index (χ3n) is 3.12. The SMILES string of the molecule is O=C(/C=C/c1ccc(Cl)cc1)Nc1nc2c(s1)CCC2. The van der Waals surface area contributed by atoms with E-state index in [-0.39, 0.29) is 5.91 Å². The van der Waals surface area contributed by atoms with Gasteiger partial charge in [-0.1, -0.05) is 23.7 Å². The molecular weight excluding hydrogens is 292 g/mol. The van der Waals surface area contributed by atoms with Gasteiger partial charge in [-0.15, -0.1) is 11.3 Å². The number of nitrogens with zero attached hydrogens (tertiary/aromatic N) is 1. The molecule has 1 heterocycles. The molecule has 0 saturated carbocycles. The van der Waals surface area contributed by atoms with Crippen LogP contribution in [0.15, 0.2) is 30.3 Å². The van der Waals surface area contributed by atoms with Crippen LogP contribution in [-0.4, -0.2) is 10.9 Å². The molecule has 1 aromatic carbocycles. The van der Waals surface area contributed by atoms with Gasteiger partial charge in [-0.25, -0.2) is 4.98 Å². The highest BCUT2D eigenvalue weighted by molar-refractivity contribution is 7.15. The largest absolute Gasteiger partial charge is 0.298 e. The molecule has 2 aromatic rings. The molecule has 1 N–H and O–H groups in total. The van der Waals surface area contributed by atoms with Crippen molar-refractivity contribution in [3.8, 4) is 0 Å². The van der Waals surface area contributed by atoms with E-state index in [1.807, 2.05) is 12.1 Å². The molecule has 1 amide bonds. The molecule has 0 bridgehead atoms. The Hall–Kier alpha value is -1.65. The number of hydrogen-bond donors (Lipinski definition) is 1. The predicted octanol–water partition coefficient (Wildman–Crippen LogP) is 3.94. The van der Waals surface area contributed by atoms with Crippen LogP contribution < -0.4 is 5.32 Å². The minimum Gasteiger partial charge on any atom is -0.298 e. The summed E-state index contributed by atoms with van der Waals surface area (Å²) in [6.07, 6.45) is 6.56. The second kappa shape index (κ2) is 5.77. The zero-order valence-corrected chi connectivity index (χ0v) is 12.3. The van der Waals surface area contributed by atoms with Crippen LogP contribution in [0.2, 0.25) is 5.02 Å². The second-order valence-electron chi connectivity index (χ2n) is 4.62. The van der Waals surface area contributed by atoms with Crippen molar-refractivity contribution in [2.24, 2.45) is 0 Å². The van der Waals surface area contributed by atoms with Crippen LogP contribution in [0.3, 0.4) is 0 Å². The molecule has 0 unspecified atom stereocenters. The molecule has 5 heteroatoms. The quantitative estimate of drug-likeness (QED) is 0.873. The number of rotatable bonds is 3. The lowest BCUT2D eigenvalue weighted by Crippen LogP contribution is -2.07. The fraction of sp³-hybridized carbons (Fsp3) is 0.200. The first-order valence-electron chi connectivity index (χ1n) is 6.44. The van der Waals surface area contributed by atoms with E-state index in [1.165, 1.54) is 17.4 Å². The number of carbonyl (C=O) groups excluding carboxylic acids is 1. The van der Waals surface area contributed by atoms with Crippen LogP contribution in [0.5, 0.6) is 0 Å². The molecule has 0 fully saturated rings. The summed E-state index contributed by atoms with van der Waals surface area (Å²) in [6.45, 7) is 0. The highest BCUT2D eigenvalue weighted by Crippen LogP contribution is 2.30. The fourth-order valence-electron chi connectivity index (χ4n) is 2.14. The van der Waals surface area contributed by atoms with Crippen LogP contribution in [-0.2, 0) is 17.6 Å². The van der Waals surface area contributed by atoms with Gasteiger partial charge >= 0.3 is 0 Å². The van der Waals surface area contributed by atoms with Gasteiger partial charge in [-0.3, -0.25) is 10.1 Å². The van der Waals surface area contributed by atoms with Gasteiger partial charge in [0.25, 0.3) is 0 Å². The number of amides is 1. The summed E-state index contributed by atoms with van der Waals surface area (Å²) in [5.74, 6) is -0.160. The summed E-state index contributed by atoms with van der Waals surface area (Å²) in [4.78, 5) is 17.6. The number of halogens is 1. The molecule has 1 aliphatic rings. The Morgan fingerprint density at radius 1 is 1.30 bits per heavy atom. The molecule has 0 aliphatic heterocycles. The van der Waals surface area contributed by atoms with Gasteiger partial charge in [0.2, 0.25) is 5.91 Å². The van der Waals surface area contributed by atoms with Crippen molar-refractivity contribution in [1.82, 2.24) is 4.98 Å². The van der Waals surface area contributed by atoms with E-state index in [0.29, 0.717) is 10.2 Å². The van der Waals surface area contributed by atoms with Gasteiger partial charge in [-0.05, 0) is 43.0 Å². The Morgan fingerprint density at radius 3 is 2.85 bits per heavy atom. The maximum absolute atomic E-state index is 11.8. The van der Waals surface area contributed by atoms with E-state index >= 15 is 0 Å². The van der Waals surface area contributed by atoms with E-state index < -0.39 is 0 Å². The normalized spacial score (nSPS) is 13.7. The van der Waals surface area contributed by atoms with Crippen LogP contribution >= 0.6 is 22.9 Å². The molecule has 0 spiro atoms. The smallest absolute Gasteiger partial charge is 0.250 e. The first-order valence-corrected chi connectivity index (χ1v) is 7.63. The molecule has 3 nitrogen and oxygen atoms in total. The molecule has 1 aliphatic carbocycles. The Kier molecular flexibility index (Phi) is 3.85. The lowest BCUT2D eigenvalue weighted by molar-refractivity contribution is -0.111. The Morgan fingerprint density at radius 2 is 2.10 bits per heavy atom. The molecule has 0 radical (unpaired) electrons. The average Bonchev–Trinajstić information content (AvgIpc) is 2.99. The van der Waals surface area contributed by atoms with Crippen molar-refractivity contribution in [3.05, 3.63) is 51.5 Å². The highest BCUT2D eigenvalue weighted by atomic mass is 35.5. The number of thiazole rings is 1. The minimum atomic E-state index is -0.160. The third-order valence-corrected chi connectivity index (χ3v) is 4.45. The molecular formula is C15H13ClN2OS. The van der Waals surface area contributed by atoms with Gasteiger partial charge in [0.05, 0.1) is 5.69 Å².